The highest BCUT2D eigenvalue weighted by Crippen LogP contribution is 2.18. The Hall–Kier alpha value is -1.77. The molecule has 6 nitrogen and oxygen atoms in total. The maximum Gasteiger partial charge on any atom is 0.191 e. The van der Waals surface area contributed by atoms with Gasteiger partial charge in [0.2, 0.25) is 0 Å². The van der Waals surface area contributed by atoms with Crippen molar-refractivity contribution in [3.63, 3.8) is 0 Å². The quantitative estimate of drug-likeness (QED) is 0.338. The Kier molecular flexibility index (Phi) is 9.95. The van der Waals surface area contributed by atoms with Crippen molar-refractivity contribution in [2.75, 3.05) is 25.5 Å². The first-order valence-corrected chi connectivity index (χ1v) is 10.0. The third kappa shape index (κ3) is 6.90. The number of aliphatic imine (C=N–C) groups is 1. The minimum atomic E-state index is 0. The number of guanidine groups is 1. The molecule has 2 aromatic rings. The van der Waals surface area contributed by atoms with Gasteiger partial charge in [0.05, 0.1) is 12.2 Å². The first-order chi connectivity index (χ1) is 13.2. The minimum absolute atomic E-state index is 0. The van der Waals surface area contributed by atoms with Crippen molar-refractivity contribution in [1.82, 2.24) is 20.4 Å². The first kappa shape index (κ1) is 25.3. The number of nitrogens with zero attached hydrogens (tertiary/aromatic N) is 4. The third-order valence-electron chi connectivity index (χ3n) is 5.15. The average molecular weight is 512 g/mol. The van der Waals surface area contributed by atoms with Crippen LogP contribution in [-0.4, -0.2) is 42.4 Å². The smallest absolute Gasteiger partial charge is 0.191 e. The Morgan fingerprint density at radius 2 is 1.93 bits per heavy atom. The van der Waals surface area contributed by atoms with E-state index in [1.165, 1.54) is 28.1 Å². The first-order valence-electron chi connectivity index (χ1n) is 10.0. The average Bonchev–Trinajstić information content (AvgIpc) is 2.86. The van der Waals surface area contributed by atoms with Crippen molar-refractivity contribution >= 4 is 35.6 Å². The van der Waals surface area contributed by atoms with Gasteiger partial charge in [-0.15, -0.1) is 24.0 Å². The zero-order valence-corrected chi connectivity index (χ0v) is 21.5. The Morgan fingerprint density at radius 1 is 1.24 bits per heavy atom. The zero-order chi connectivity index (χ0) is 20.8. The van der Waals surface area contributed by atoms with Gasteiger partial charge in [-0.25, -0.2) is 4.99 Å². The lowest BCUT2D eigenvalue weighted by molar-refractivity contribution is 0.635. The Bertz CT molecular complexity index is 825. The molecule has 0 radical (unpaired) electrons. The van der Waals surface area contributed by atoms with Crippen molar-refractivity contribution in [2.45, 2.75) is 53.6 Å². The number of nitrogens with one attached hydrogen (secondary N) is 2. The van der Waals surface area contributed by atoms with Gasteiger partial charge in [-0.2, -0.15) is 5.10 Å². The summed E-state index contributed by atoms with van der Waals surface area (Å²) in [5.41, 5.74) is 7.37. The van der Waals surface area contributed by atoms with Crippen LogP contribution in [0.1, 0.15) is 41.9 Å². The van der Waals surface area contributed by atoms with Crippen molar-refractivity contribution in [3.05, 3.63) is 46.3 Å². The van der Waals surface area contributed by atoms with E-state index >= 15 is 0 Å². The molecule has 2 rings (SSSR count). The Morgan fingerprint density at radius 3 is 2.45 bits per heavy atom. The maximum absolute atomic E-state index is 4.81. The fourth-order valence-electron chi connectivity index (χ4n) is 3.32. The number of aryl methyl sites for hydroxylation is 3. The van der Waals surface area contributed by atoms with Crippen LogP contribution in [0, 0.1) is 20.8 Å². The molecule has 0 aliphatic heterocycles. The highest BCUT2D eigenvalue weighted by Gasteiger charge is 2.14. The molecule has 0 spiro atoms. The fourth-order valence-corrected chi connectivity index (χ4v) is 3.32. The molecule has 1 aromatic carbocycles. The highest BCUT2D eigenvalue weighted by atomic mass is 127. The van der Waals surface area contributed by atoms with Crippen LogP contribution in [-0.2, 0) is 20.0 Å². The second-order valence-electron chi connectivity index (χ2n) is 7.72. The van der Waals surface area contributed by atoms with Crippen LogP contribution in [0.4, 0.5) is 5.69 Å². The molecule has 162 valence electrons. The molecule has 0 aliphatic carbocycles. The van der Waals surface area contributed by atoms with Gasteiger partial charge in [-0.3, -0.25) is 4.68 Å². The number of hydrogen-bond acceptors (Lipinski definition) is 3. The SMILES string of the molecule is CCNC(=NCc1ccc(N(C)C)cc1C)NC(C)Cc1c(C)nn(C)c1C.I. The topological polar surface area (TPSA) is 57.5 Å². The van der Waals surface area contributed by atoms with E-state index < -0.39 is 0 Å². The lowest BCUT2D eigenvalue weighted by Gasteiger charge is -2.19. The molecular weight excluding hydrogens is 475 g/mol. The lowest BCUT2D eigenvalue weighted by atomic mass is 10.1. The largest absolute Gasteiger partial charge is 0.378 e. The second-order valence-corrected chi connectivity index (χ2v) is 7.72. The Labute approximate surface area is 193 Å². The Balaban J connectivity index is 0.00000420. The van der Waals surface area contributed by atoms with E-state index in [9.17, 15) is 0 Å². The molecule has 7 heteroatoms. The van der Waals surface area contributed by atoms with Gasteiger partial charge in [-0.1, -0.05) is 6.07 Å². The van der Waals surface area contributed by atoms with E-state index in [-0.39, 0.29) is 30.0 Å². The van der Waals surface area contributed by atoms with Crippen LogP contribution in [0.15, 0.2) is 23.2 Å². The standard InChI is InChI=1S/C22H36N6.HI/c1-9-23-22(24-14-19-10-11-20(27(6)7)12-15(19)2)25-16(3)13-21-17(4)26-28(8)18(21)5;/h10-12,16H,9,13-14H2,1-8H3,(H2,23,24,25);1H. The van der Waals surface area contributed by atoms with Crippen LogP contribution in [0.2, 0.25) is 0 Å². The van der Waals surface area contributed by atoms with E-state index in [2.05, 4.69) is 87.5 Å². The number of anilines is 1. The summed E-state index contributed by atoms with van der Waals surface area (Å²) in [7, 11) is 6.12. The summed E-state index contributed by atoms with van der Waals surface area (Å²) in [5, 5.41) is 11.4. The van der Waals surface area contributed by atoms with Crippen molar-refractivity contribution in [1.29, 1.82) is 0 Å². The van der Waals surface area contributed by atoms with Crippen LogP contribution >= 0.6 is 24.0 Å². The monoisotopic (exact) mass is 512 g/mol. The third-order valence-corrected chi connectivity index (χ3v) is 5.15. The lowest BCUT2D eigenvalue weighted by Crippen LogP contribution is -2.43. The molecule has 1 unspecified atom stereocenters. The van der Waals surface area contributed by atoms with Gasteiger partial charge < -0.3 is 15.5 Å². The molecule has 29 heavy (non-hydrogen) atoms. The summed E-state index contributed by atoms with van der Waals surface area (Å²) in [5.74, 6) is 0.852. The van der Waals surface area contributed by atoms with Gasteiger partial charge in [0.1, 0.15) is 0 Å². The zero-order valence-electron chi connectivity index (χ0n) is 19.1. The summed E-state index contributed by atoms with van der Waals surface area (Å²) in [4.78, 5) is 6.93. The molecule has 0 aliphatic rings. The molecule has 1 heterocycles. The number of aromatic nitrogens is 2. The van der Waals surface area contributed by atoms with Gasteiger partial charge >= 0.3 is 0 Å². The fraction of sp³-hybridized carbons (Fsp3) is 0.545. The summed E-state index contributed by atoms with van der Waals surface area (Å²) >= 11 is 0. The summed E-state index contributed by atoms with van der Waals surface area (Å²) in [6.45, 7) is 12.1. The summed E-state index contributed by atoms with van der Waals surface area (Å²) < 4.78 is 1.96. The number of halogens is 1. The van der Waals surface area contributed by atoms with Crippen molar-refractivity contribution in [3.8, 4) is 0 Å². The molecule has 0 fully saturated rings. The van der Waals surface area contributed by atoms with Gasteiger partial charge in [-0.05, 0) is 69.9 Å². The van der Waals surface area contributed by atoms with E-state index in [0.717, 1.165) is 24.6 Å². The summed E-state index contributed by atoms with van der Waals surface area (Å²) in [6, 6.07) is 6.79. The number of hydrogen-bond donors (Lipinski definition) is 2. The molecular formula is C22H37IN6. The molecule has 0 amide bonds. The summed E-state index contributed by atoms with van der Waals surface area (Å²) in [6.07, 6.45) is 0.923. The van der Waals surface area contributed by atoms with E-state index in [0.29, 0.717) is 6.54 Å². The van der Waals surface area contributed by atoms with Crippen LogP contribution < -0.4 is 15.5 Å². The molecule has 1 atom stereocenters. The predicted molar refractivity (Wildman–Crippen MR) is 135 cm³/mol. The van der Waals surface area contributed by atoms with E-state index in [1.807, 2.05) is 11.7 Å². The van der Waals surface area contributed by atoms with E-state index in [1.54, 1.807) is 0 Å². The predicted octanol–water partition coefficient (Wildman–Crippen LogP) is 3.72. The van der Waals surface area contributed by atoms with Crippen molar-refractivity contribution < 1.29 is 0 Å². The molecule has 0 bridgehead atoms. The van der Waals surface area contributed by atoms with Crippen LogP contribution in [0.25, 0.3) is 0 Å². The van der Waals surface area contributed by atoms with E-state index in [4.69, 9.17) is 4.99 Å². The van der Waals surface area contributed by atoms with Gasteiger partial charge in [0.25, 0.3) is 0 Å². The molecule has 2 N–H and O–H groups in total. The highest BCUT2D eigenvalue weighted by molar-refractivity contribution is 14.0. The second kappa shape index (κ2) is 11.4. The molecule has 0 saturated carbocycles. The van der Waals surface area contributed by atoms with Gasteiger partial charge in [0, 0.05) is 45.1 Å². The number of rotatable bonds is 7. The normalized spacial score (nSPS) is 12.3. The molecule has 1 aromatic heterocycles. The van der Waals surface area contributed by atoms with Gasteiger partial charge in [0.15, 0.2) is 5.96 Å². The van der Waals surface area contributed by atoms with Crippen molar-refractivity contribution in [2.24, 2.45) is 12.0 Å². The maximum atomic E-state index is 4.81. The minimum Gasteiger partial charge on any atom is -0.378 e. The van der Waals surface area contributed by atoms with Crippen LogP contribution in [0.3, 0.4) is 0 Å². The van der Waals surface area contributed by atoms with Crippen LogP contribution in [0.5, 0.6) is 0 Å². The number of benzene rings is 1. The molecule has 0 saturated heterocycles.